The normalized spacial score (nSPS) is 10.1. The van der Waals surface area contributed by atoms with E-state index < -0.39 is 0 Å². The molecule has 0 saturated heterocycles. The van der Waals surface area contributed by atoms with Crippen molar-refractivity contribution in [1.82, 2.24) is 10.6 Å². The molecule has 0 aliphatic carbocycles. The summed E-state index contributed by atoms with van der Waals surface area (Å²) in [5.74, 6) is 0.0648. The molecule has 0 heterocycles. The van der Waals surface area contributed by atoms with Crippen LogP contribution >= 0.6 is 0 Å². The number of nitrogens with one attached hydrogen (secondary N) is 2. The highest BCUT2D eigenvalue weighted by atomic mass is 16.5. The van der Waals surface area contributed by atoms with Gasteiger partial charge < -0.3 is 15.4 Å². The van der Waals surface area contributed by atoms with Gasteiger partial charge in [-0.2, -0.15) is 0 Å². The average molecular weight is 202 g/mol. The Kier molecular flexibility index (Phi) is 10.0. The van der Waals surface area contributed by atoms with Gasteiger partial charge in [-0.25, -0.2) is 0 Å². The predicted molar refractivity (Wildman–Crippen MR) is 57.3 cm³/mol. The van der Waals surface area contributed by atoms with Gasteiger partial charge in [-0.05, 0) is 26.3 Å². The first-order chi connectivity index (χ1) is 6.81. The molecular weight excluding hydrogens is 180 g/mol. The summed E-state index contributed by atoms with van der Waals surface area (Å²) in [6.07, 6.45) is 1.94. The Balaban J connectivity index is 3.10. The summed E-state index contributed by atoms with van der Waals surface area (Å²) in [6, 6.07) is 0. The second kappa shape index (κ2) is 10.5. The quantitative estimate of drug-likeness (QED) is 0.536. The van der Waals surface area contributed by atoms with Gasteiger partial charge in [-0.3, -0.25) is 4.79 Å². The Labute approximate surface area is 86.4 Å². The minimum absolute atomic E-state index is 0.0648. The van der Waals surface area contributed by atoms with Crippen LogP contribution in [-0.2, 0) is 9.53 Å². The molecule has 0 aromatic carbocycles. The lowest BCUT2D eigenvalue weighted by Crippen LogP contribution is -2.34. The summed E-state index contributed by atoms with van der Waals surface area (Å²) in [5.41, 5.74) is 0. The Hall–Kier alpha value is -0.610. The number of carbonyl (C=O) groups excluding carboxylic acids is 1. The highest BCUT2D eigenvalue weighted by Gasteiger charge is 1.97. The molecule has 0 unspecified atom stereocenters. The second-order valence-electron chi connectivity index (χ2n) is 3.08. The first-order valence-electron chi connectivity index (χ1n) is 5.36. The number of hydrogen-bond acceptors (Lipinski definition) is 3. The Morgan fingerprint density at radius 1 is 1.29 bits per heavy atom. The molecule has 0 bridgehead atoms. The maximum atomic E-state index is 11.1. The maximum absolute atomic E-state index is 11.1. The van der Waals surface area contributed by atoms with E-state index in [4.69, 9.17) is 4.74 Å². The first-order valence-corrected chi connectivity index (χ1v) is 5.36. The predicted octanol–water partition coefficient (Wildman–Crippen LogP) is 0.529. The van der Waals surface area contributed by atoms with Crippen molar-refractivity contribution in [3.8, 4) is 0 Å². The van der Waals surface area contributed by atoms with Gasteiger partial charge >= 0.3 is 0 Å². The molecule has 0 rings (SSSR count). The first kappa shape index (κ1) is 13.4. The molecule has 0 atom stereocenters. The van der Waals surface area contributed by atoms with E-state index in [1.165, 1.54) is 0 Å². The van der Waals surface area contributed by atoms with Crippen molar-refractivity contribution in [2.45, 2.75) is 26.7 Å². The van der Waals surface area contributed by atoms with Crippen LogP contribution in [0.15, 0.2) is 0 Å². The molecule has 0 fully saturated rings. The van der Waals surface area contributed by atoms with Crippen molar-refractivity contribution in [3.05, 3.63) is 0 Å². The molecule has 0 aromatic rings. The lowest BCUT2D eigenvalue weighted by molar-refractivity contribution is -0.120. The van der Waals surface area contributed by atoms with E-state index in [9.17, 15) is 4.79 Å². The molecule has 0 saturated carbocycles. The molecule has 0 aliphatic heterocycles. The van der Waals surface area contributed by atoms with E-state index in [-0.39, 0.29) is 5.91 Å². The van der Waals surface area contributed by atoms with Crippen molar-refractivity contribution >= 4 is 5.91 Å². The van der Waals surface area contributed by atoms with Crippen LogP contribution in [0.3, 0.4) is 0 Å². The third kappa shape index (κ3) is 9.48. The van der Waals surface area contributed by atoms with Crippen molar-refractivity contribution < 1.29 is 9.53 Å². The van der Waals surface area contributed by atoms with E-state index in [0.717, 1.165) is 32.6 Å². The van der Waals surface area contributed by atoms with E-state index in [2.05, 4.69) is 17.6 Å². The van der Waals surface area contributed by atoms with Gasteiger partial charge in [0.05, 0.1) is 6.54 Å². The number of hydrogen-bond donors (Lipinski definition) is 2. The molecule has 4 nitrogen and oxygen atoms in total. The van der Waals surface area contributed by atoms with Gasteiger partial charge in [0.25, 0.3) is 0 Å². The van der Waals surface area contributed by atoms with Gasteiger partial charge in [0.1, 0.15) is 0 Å². The lowest BCUT2D eigenvalue weighted by Gasteiger charge is -2.05. The number of amides is 1. The van der Waals surface area contributed by atoms with Gasteiger partial charge in [0, 0.05) is 19.8 Å². The van der Waals surface area contributed by atoms with Crippen molar-refractivity contribution in [2.75, 3.05) is 32.8 Å². The number of rotatable bonds is 9. The zero-order chi connectivity index (χ0) is 10.6. The van der Waals surface area contributed by atoms with Crippen LogP contribution in [0.2, 0.25) is 0 Å². The maximum Gasteiger partial charge on any atom is 0.233 e. The second-order valence-corrected chi connectivity index (χ2v) is 3.08. The van der Waals surface area contributed by atoms with Crippen LogP contribution in [0.1, 0.15) is 26.7 Å². The zero-order valence-corrected chi connectivity index (χ0v) is 9.27. The van der Waals surface area contributed by atoms with Gasteiger partial charge in [-0.1, -0.05) is 6.92 Å². The zero-order valence-electron chi connectivity index (χ0n) is 9.27. The molecule has 0 aromatic heterocycles. The molecule has 1 amide bonds. The van der Waals surface area contributed by atoms with Crippen molar-refractivity contribution in [3.63, 3.8) is 0 Å². The van der Waals surface area contributed by atoms with E-state index in [1.54, 1.807) is 0 Å². The monoisotopic (exact) mass is 202 g/mol. The summed E-state index contributed by atoms with van der Waals surface area (Å²) >= 11 is 0. The fraction of sp³-hybridized carbons (Fsp3) is 0.900. The fourth-order valence-corrected chi connectivity index (χ4v) is 0.988. The molecule has 2 N–H and O–H groups in total. The van der Waals surface area contributed by atoms with Gasteiger partial charge in [-0.15, -0.1) is 0 Å². The Bertz CT molecular complexity index is 140. The highest BCUT2D eigenvalue weighted by molar-refractivity contribution is 5.77. The third-order valence-electron chi connectivity index (χ3n) is 1.70. The highest BCUT2D eigenvalue weighted by Crippen LogP contribution is 1.80. The molecule has 0 aliphatic rings. The SMILES string of the molecule is CCCNCC(=O)NCCCOCC. The number of carbonyl (C=O) groups is 1. The van der Waals surface area contributed by atoms with Crippen LogP contribution in [0.4, 0.5) is 0 Å². The van der Waals surface area contributed by atoms with Crippen LogP contribution in [-0.4, -0.2) is 38.8 Å². The summed E-state index contributed by atoms with van der Waals surface area (Å²) in [5, 5.41) is 5.86. The summed E-state index contributed by atoms with van der Waals surface area (Å²) in [4.78, 5) is 11.1. The van der Waals surface area contributed by atoms with Crippen molar-refractivity contribution in [1.29, 1.82) is 0 Å². The summed E-state index contributed by atoms with van der Waals surface area (Å²) in [7, 11) is 0. The molecule has 0 radical (unpaired) electrons. The Morgan fingerprint density at radius 2 is 2.07 bits per heavy atom. The van der Waals surface area contributed by atoms with E-state index in [0.29, 0.717) is 13.1 Å². The van der Waals surface area contributed by atoms with E-state index >= 15 is 0 Å². The minimum atomic E-state index is 0.0648. The standard InChI is InChI=1S/C10H22N2O2/c1-3-6-11-9-10(13)12-7-5-8-14-4-2/h11H,3-9H2,1-2H3,(H,12,13). The van der Waals surface area contributed by atoms with Crippen molar-refractivity contribution in [2.24, 2.45) is 0 Å². The lowest BCUT2D eigenvalue weighted by atomic mass is 10.4. The van der Waals surface area contributed by atoms with Gasteiger partial charge in [0.2, 0.25) is 5.91 Å². The largest absolute Gasteiger partial charge is 0.382 e. The molecule has 14 heavy (non-hydrogen) atoms. The third-order valence-corrected chi connectivity index (χ3v) is 1.70. The molecule has 84 valence electrons. The van der Waals surface area contributed by atoms with E-state index in [1.807, 2.05) is 6.92 Å². The topological polar surface area (TPSA) is 50.4 Å². The van der Waals surface area contributed by atoms with Crippen LogP contribution in [0.5, 0.6) is 0 Å². The number of ether oxygens (including phenoxy) is 1. The molecule has 0 spiro atoms. The minimum Gasteiger partial charge on any atom is -0.382 e. The molecule has 4 heteroatoms. The van der Waals surface area contributed by atoms with Crippen LogP contribution in [0, 0.1) is 0 Å². The van der Waals surface area contributed by atoms with Gasteiger partial charge in [0.15, 0.2) is 0 Å². The Morgan fingerprint density at radius 3 is 2.71 bits per heavy atom. The van der Waals surface area contributed by atoms with Crippen LogP contribution in [0.25, 0.3) is 0 Å². The smallest absolute Gasteiger partial charge is 0.233 e. The average Bonchev–Trinajstić information content (AvgIpc) is 2.18. The van der Waals surface area contributed by atoms with Crippen LogP contribution < -0.4 is 10.6 Å². The molecular formula is C10H22N2O2. The summed E-state index contributed by atoms with van der Waals surface area (Å²) in [6.45, 7) is 7.52. The fourth-order valence-electron chi connectivity index (χ4n) is 0.988. The summed E-state index contributed by atoms with van der Waals surface area (Å²) < 4.78 is 5.15.